The number of amides is 1. The van der Waals surface area contributed by atoms with Crippen molar-refractivity contribution in [3.05, 3.63) is 65.7 Å². The van der Waals surface area contributed by atoms with Crippen molar-refractivity contribution < 1.29 is 13.7 Å². The van der Waals surface area contributed by atoms with E-state index in [0.717, 1.165) is 0 Å². The van der Waals surface area contributed by atoms with Crippen molar-refractivity contribution in [3.8, 4) is 17.5 Å². The Kier molecular flexibility index (Phi) is 3.93. The van der Waals surface area contributed by atoms with E-state index in [1.165, 1.54) is 17.0 Å². The zero-order valence-electron chi connectivity index (χ0n) is 13.6. The third-order valence-corrected chi connectivity index (χ3v) is 4.31. The summed E-state index contributed by atoms with van der Waals surface area (Å²) in [6.07, 6.45) is 0.239. The van der Waals surface area contributed by atoms with Crippen LogP contribution in [0.4, 0.5) is 10.1 Å². The Morgan fingerprint density at radius 2 is 2.04 bits per heavy atom. The number of rotatable bonds is 3. The van der Waals surface area contributed by atoms with Gasteiger partial charge in [0.2, 0.25) is 5.91 Å². The number of nitrogens with zero attached hydrogens (tertiary/aromatic N) is 4. The molecule has 0 spiro atoms. The average molecular weight is 348 g/mol. The van der Waals surface area contributed by atoms with Gasteiger partial charge in [0, 0.05) is 30.1 Å². The Morgan fingerprint density at radius 3 is 2.77 bits per heavy atom. The van der Waals surface area contributed by atoms with Crippen LogP contribution >= 0.6 is 0 Å². The first-order chi connectivity index (χ1) is 12.6. The molecule has 0 aliphatic carbocycles. The molecule has 0 radical (unpaired) electrons. The predicted molar refractivity (Wildman–Crippen MR) is 90.6 cm³/mol. The molecule has 2 heterocycles. The molecule has 128 valence electrons. The van der Waals surface area contributed by atoms with E-state index in [2.05, 4.69) is 10.1 Å². The minimum absolute atomic E-state index is 0.106. The maximum Gasteiger partial charge on any atom is 0.257 e. The minimum atomic E-state index is -0.388. The third kappa shape index (κ3) is 2.93. The maximum absolute atomic E-state index is 13.4. The Hall–Kier alpha value is -3.53. The zero-order chi connectivity index (χ0) is 18.1. The van der Waals surface area contributed by atoms with Crippen LogP contribution in [0, 0.1) is 17.1 Å². The van der Waals surface area contributed by atoms with Crippen molar-refractivity contribution in [2.45, 2.75) is 12.3 Å². The van der Waals surface area contributed by atoms with E-state index in [1.807, 2.05) is 6.07 Å². The van der Waals surface area contributed by atoms with Gasteiger partial charge in [-0.1, -0.05) is 11.2 Å². The number of hydrogen-bond donors (Lipinski definition) is 0. The first-order valence-electron chi connectivity index (χ1n) is 8.04. The summed E-state index contributed by atoms with van der Waals surface area (Å²) in [5, 5.41) is 12.8. The van der Waals surface area contributed by atoms with Crippen LogP contribution in [0.25, 0.3) is 11.5 Å². The van der Waals surface area contributed by atoms with Crippen LogP contribution < -0.4 is 4.90 Å². The van der Waals surface area contributed by atoms with Crippen LogP contribution in [0.3, 0.4) is 0 Å². The maximum atomic E-state index is 13.4. The Balaban J connectivity index is 1.55. The van der Waals surface area contributed by atoms with Gasteiger partial charge in [-0.2, -0.15) is 10.2 Å². The van der Waals surface area contributed by atoms with Gasteiger partial charge < -0.3 is 9.42 Å². The summed E-state index contributed by atoms with van der Waals surface area (Å²) in [5.74, 6) is 0.0612. The Bertz CT molecular complexity index is 1010. The topological polar surface area (TPSA) is 83.0 Å². The second-order valence-electron chi connectivity index (χ2n) is 6.03. The molecule has 1 aromatic heterocycles. The molecule has 0 unspecified atom stereocenters. The zero-order valence-corrected chi connectivity index (χ0v) is 13.6. The van der Waals surface area contributed by atoms with E-state index in [1.54, 1.807) is 36.4 Å². The molecule has 6 nitrogen and oxygen atoms in total. The third-order valence-electron chi connectivity index (χ3n) is 4.31. The van der Waals surface area contributed by atoms with Crippen molar-refractivity contribution in [2.24, 2.45) is 0 Å². The first-order valence-corrected chi connectivity index (χ1v) is 8.04. The molecule has 7 heteroatoms. The van der Waals surface area contributed by atoms with Crippen molar-refractivity contribution >= 4 is 11.6 Å². The molecule has 4 rings (SSSR count). The summed E-state index contributed by atoms with van der Waals surface area (Å²) in [6.45, 7) is 0.370. The number of carbonyl (C=O) groups is 1. The van der Waals surface area contributed by atoms with E-state index in [9.17, 15) is 9.18 Å². The molecular formula is C19H13FN4O2. The number of aromatic nitrogens is 2. The van der Waals surface area contributed by atoms with Crippen LogP contribution in [-0.2, 0) is 4.79 Å². The van der Waals surface area contributed by atoms with E-state index >= 15 is 0 Å². The fourth-order valence-corrected chi connectivity index (χ4v) is 2.98. The molecular weight excluding hydrogens is 335 g/mol. The summed E-state index contributed by atoms with van der Waals surface area (Å²) in [5.41, 5.74) is 1.77. The number of carbonyl (C=O) groups excluding carboxylic acids is 1. The van der Waals surface area contributed by atoms with Crippen LogP contribution in [0.15, 0.2) is 53.1 Å². The number of halogens is 1. The summed E-state index contributed by atoms with van der Waals surface area (Å²) >= 11 is 0. The monoisotopic (exact) mass is 348 g/mol. The highest BCUT2D eigenvalue weighted by Gasteiger charge is 2.34. The fourth-order valence-electron chi connectivity index (χ4n) is 2.98. The van der Waals surface area contributed by atoms with Gasteiger partial charge >= 0.3 is 0 Å². The molecule has 1 amide bonds. The van der Waals surface area contributed by atoms with Gasteiger partial charge in [-0.25, -0.2) is 4.39 Å². The number of benzene rings is 2. The molecule has 1 aliphatic heterocycles. The van der Waals surface area contributed by atoms with E-state index in [4.69, 9.17) is 9.78 Å². The highest BCUT2D eigenvalue weighted by Crippen LogP contribution is 2.31. The van der Waals surface area contributed by atoms with Crippen LogP contribution in [0.2, 0.25) is 0 Å². The SMILES string of the molecule is N#Cc1ccc(-c2nc([C@@H]3CC(=O)N(c4cccc(F)c4)C3)no2)cc1. The normalized spacial score (nSPS) is 16.7. The molecule has 0 saturated carbocycles. The molecule has 1 atom stereocenters. The van der Waals surface area contributed by atoms with Gasteiger partial charge in [0.25, 0.3) is 5.89 Å². The Morgan fingerprint density at radius 1 is 1.23 bits per heavy atom. The molecule has 2 aromatic carbocycles. The second-order valence-corrected chi connectivity index (χ2v) is 6.03. The van der Waals surface area contributed by atoms with Crippen molar-refractivity contribution in [1.29, 1.82) is 5.26 Å². The lowest BCUT2D eigenvalue weighted by Gasteiger charge is -2.15. The van der Waals surface area contributed by atoms with Crippen LogP contribution in [-0.4, -0.2) is 22.6 Å². The summed E-state index contributed by atoms with van der Waals surface area (Å²) in [6, 6.07) is 14.8. The average Bonchev–Trinajstić information content (AvgIpc) is 3.29. The highest BCUT2D eigenvalue weighted by molar-refractivity contribution is 5.96. The molecule has 26 heavy (non-hydrogen) atoms. The van der Waals surface area contributed by atoms with Gasteiger partial charge in [-0.15, -0.1) is 0 Å². The van der Waals surface area contributed by atoms with E-state index in [0.29, 0.717) is 35.1 Å². The number of hydrogen-bond acceptors (Lipinski definition) is 5. The largest absolute Gasteiger partial charge is 0.334 e. The fraction of sp³-hybridized carbons (Fsp3) is 0.158. The van der Waals surface area contributed by atoms with Gasteiger partial charge in [-0.05, 0) is 42.5 Å². The Labute approximate surface area is 148 Å². The second kappa shape index (κ2) is 6.41. The number of anilines is 1. The van der Waals surface area contributed by atoms with E-state index in [-0.39, 0.29) is 24.1 Å². The lowest BCUT2D eigenvalue weighted by molar-refractivity contribution is -0.117. The van der Waals surface area contributed by atoms with Gasteiger partial charge in [0.05, 0.1) is 11.6 Å². The summed E-state index contributed by atoms with van der Waals surface area (Å²) in [4.78, 5) is 18.2. The molecule has 3 aromatic rings. The lowest BCUT2D eigenvalue weighted by Crippen LogP contribution is -2.24. The van der Waals surface area contributed by atoms with Crippen molar-refractivity contribution in [2.75, 3.05) is 11.4 Å². The molecule has 1 aliphatic rings. The quantitative estimate of drug-likeness (QED) is 0.725. The summed E-state index contributed by atoms with van der Waals surface area (Å²) in [7, 11) is 0. The smallest absolute Gasteiger partial charge is 0.257 e. The van der Waals surface area contributed by atoms with Crippen molar-refractivity contribution in [3.63, 3.8) is 0 Å². The minimum Gasteiger partial charge on any atom is -0.334 e. The predicted octanol–water partition coefficient (Wildman–Crippen LogP) is 3.27. The first kappa shape index (κ1) is 16.0. The van der Waals surface area contributed by atoms with E-state index < -0.39 is 0 Å². The molecule has 1 fully saturated rings. The van der Waals surface area contributed by atoms with Gasteiger partial charge in [0.15, 0.2) is 5.82 Å². The highest BCUT2D eigenvalue weighted by atomic mass is 19.1. The molecule has 1 saturated heterocycles. The van der Waals surface area contributed by atoms with Crippen molar-refractivity contribution in [1.82, 2.24) is 10.1 Å². The van der Waals surface area contributed by atoms with Gasteiger partial charge in [-0.3, -0.25) is 4.79 Å². The van der Waals surface area contributed by atoms with Crippen LogP contribution in [0.5, 0.6) is 0 Å². The number of nitriles is 1. The van der Waals surface area contributed by atoms with Crippen LogP contribution in [0.1, 0.15) is 23.7 Å². The van der Waals surface area contributed by atoms with Gasteiger partial charge in [0.1, 0.15) is 5.82 Å². The lowest BCUT2D eigenvalue weighted by atomic mass is 10.1. The summed E-state index contributed by atoms with van der Waals surface area (Å²) < 4.78 is 18.7. The standard InChI is InChI=1S/C19H13FN4O2/c20-15-2-1-3-16(9-15)24-11-14(8-17(24)25)18-22-19(26-23-18)13-6-4-12(10-21)5-7-13/h1-7,9,14H,8,11H2/t14-/m1/s1. The molecule has 0 bridgehead atoms. The molecule has 0 N–H and O–H groups in total.